The summed E-state index contributed by atoms with van der Waals surface area (Å²) in [4.78, 5) is 15.4. The van der Waals surface area contributed by atoms with Gasteiger partial charge in [0.05, 0.1) is 17.3 Å². The number of aromatic carboxylic acids is 1. The highest BCUT2D eigenvalue weighted by molar-refractivity contribution is 5.88. The van der Waals surface area contributed by atoms with Crippen LogP contribution in [-0.4, -0.2) is 27.0 Å². The largest absolute Gasteiger partial charge is 0.478 e. The van der Waals surface area contributed by atoms with Crippen LogP contribution in [0.5, 0.6) is 0 Å². The Hall–Kier alpha value is -1.88. The van der Waals surface area contributed by atoms with Gasteiger partial charge in [-0.1, -0.05) is 6.42 Å². The molecule has 5 heteroatoms. The Morgan fingerprint density at radius 2 is 2.39 bits per heavy atom. The van der Waals surface area contributed by atoms with Crippen LogP contribution in [0.4, 0.5) is 0 Å². The van der Waals surface area contributed by atoms with E-state index >= 15 is 0 Å². The number of imidazole rings is 1. The van der Waals surface area contributed by atoms with Crippen molar-refractivity contribution >= 4 is 11.6 Å². The van der Waals surface area contributed by atoms with Crippen LogP contribution >= 0.6 is 0 Å². The molecule has 0 radical (unpaired) electrons. The monoisotopic (exact) mass is 245 g/mol. The number of carboxylic acids is 1. The first-order valence-electron chi connectivity index (χ1n) is 6.19. The molecule has 94 valence electrons. The fourth-order valence-corrected chi connectivity index (χ4v) is 2.41. The molecule has 2 N–H and O–H groups in total. The van der Waals surface area contributed by atoms with Crippen LogP contribution in [0.2, 0.25) is 0 Å². The lowest BCUT2D eigenvalue weighted by Gasteiger charge is -2.21. The second kappa shape index (κ2) is 4.42. The lowest BCUT2D eigenvalue weighted by molar-refractivity contribution is 0.0697. The topological polar surface area (TPSA) is 66.6 Å². The summed E-state index contributed by atoms with van der Waals surface area (Å²) >= 11 is 0. The fourth-order valence-electron chi connectivity index (χ4n) is 2.41. The molecule has 3 rings (SSSR count). The zero-order valence-electron chi connectivity index (χ0n) is 9.97. The molecule has 1 unspecified atom stereocenters. The molecule has 0 aromatic carbocycles. The normalized spacial score (nSPS) is 20.1. The van der Waals surface area contributed by atoms with Gasteiger partial charge < -0.3 is 14.8 Å². The Morgan fingerprint density at radius 3 is 3.11 bits per heavy atom. The van der Waals surface area contributed by atoms with Gasteiger partial charge in [0.2, 0.25) is 0 Å². The standard InChI is InChI=1S/C13H15N3O2/c17-13(18)9-4-6-16-8-11(15-12(16)7-9)10-3-1-2-5-14-10/h4,6-8,10,14H,1-3,5H2,(H,17,18). The predicted molar refractivity (Wildman–Crippen MR) is 66.7 cm³/mol. The van der Waals surface area contributed by atoms with Gasteiger partial charge in [-0.25, -0.2) is 9.78 Å². The SMILES string of the molecule is O=C(O)c1ccn2cc(C3CCCCN3)nc2c1. The second-order valence-corrected chi connectivity index (χ2v) is 4.65. The van der Waals surface area contributed by atoms with Crippen molar-refractivity contribution < 1.29 is 9.90 Å². The number of hydrogen-bond acceptors (Lipinski definition) is 3. The molecule has 2 aromatic rings. The maximum Gasteiger partial charge on any atom is 0.335 e. The van der Waals surface area contributed by atoms with E-state index in [1.807, 2.05) is 10.6 Å². The van der Waals surface area contributed by atoms with Crippen molar-refractivity contribution in [3.8, 4) is 0 Å². The highest BCUT2D eigenvalue weighted by Gasteiger charge is 2.17. The summed E-state index contributed by atoms with van der Waals surface area (Å²) in [5.74, 6) is -0.919. The molecule has 0 spiro atoms. The Balaban J connectivity index is 1.97. The van der Waals surface area contributed by atoms with Gasteiger partial charge in [-0.15, -0.1) is 0 Å². The predicted octanol–water partition coefficient (Wildman–Crippen LogP) is 1.85. The molecule has 1 saturated heterocycles. The maximum absolute atomic E-state index is 10.9. The number of hydrogen-bond donors (Lipinski definition) is 2. The quantitative estimate of drug-likeness (QED) is 0.847. The molecule has 0 saturated carbocycles. The van der Waals surface area contributed by atoms with Crippen molar-refractivity contribution in [2.75, 3.05) is 6.54 Å². The molecule has 3 heterocycles. The van der Waals surface area contributed by atoms with E-state index in [9.17, 15) is 4.79 Å². The number of pyridine rings is 1. The maximum atomic E-state index is 10.9. The van der Waals surface area contributed by atoms with Crippen molar-refractivity contribution in [3.05, 3.63) is 35.8 Å². The van der Waals surface area contributed by atoms with Crippen molar-refractivity contribution in [1.29, 1.82) is 0 Å². The van der Waals surface area contributed by atoms with E-state index in [1.165, 1.54) is 12.8 Å². The minimum Gasteiger partial charge on any atom is -0.478 e. The first-order chi connectivity index (χ1) is 8.74. The van der Waals surface area contributed by atoms with Crippen molar-refractivity contribution in [2.24, 2.45) is 0 Å². The third-order valence-corrected chi connectivity index (χ3v) is 3.39. The fraction of sp³-hybridized carbons (Fsp3) is 0.385. The van der Waals surface area contributed by atoms with Crippen molar-refractivity contribution in [3.63, 3.8) is 0 Å². The summed E-state index contributed by atoms with van der Waals surface area (Å²) in [5.41, 5.74) is 1.96. The summed E-state index contributed by atoms with van der Waals surface area (Å²) in [6.45, 7) is 1.03. The summed E-state index contributed by atoms with van der Waals surface area (Å²) in [6.07, 6.45) is 7.25. The van der Waals surface area contributed by atoms with Gasteiger partial charge in [-0.3, -0.25) is 0 Å². The van der Waals surface area contributed by atoms with Crippen LogP contribution in [-0.2, 0) is 0 Å². The van der Waals surface area contributed by atoms with Crippen LogP contribution in [0.3, 0.4) is 0 Å². The minimum absolute atomic E-state index is 0.274. The van der Waals surface area contributed by atoms with Gasteiger partial charge in [0.15, 0.2) is 0 Å². The molecule has 2 aromatic heterocycles. The zero-order chi connectivity index (χ0) is 12.5. The molecule has 1 aliphatic heterocycles. The Labute approximate surface area is 104 Å². The highest BCUT2D eigenvalue weighted by atomic mass is 16.4. The summed E-state index contributed by atoms with van der Waals surface area (Å²) in [6, 6.07) is 3.50. The van der Waals surface area contributed by atoms with E-state index in [4.69, 9.17) is 5.11 Å². The van der Waals surface area contributed by atoms with Crippen LogP contribution in [0.1, 0.15) is 41.4 Å². The van der Waals surface area contributed by atoms with Gasteiger partial charge in [-0.2, -0.15) is 0 Å². The first-order valence-corrected chi connectivity index (χ1v) is 6.19. The summed E-state index contributed by atoms with van der Waals surface area (Å²) in [7, 11) is 0. The number of carboxylic acid groups (broad SMARTS) is 1. The number of fused-ring (bicyclic) bond motifs is 1. The van der Waals surface area contributed by atoms with Gasteiger partial charge >= 0.3 is 5.97 Å². The number of piperidine rings is 1. The zero-order valence-corrected chi connectivity index (χ0v) is 9.97. The van der Waals surface area contributed by atoms with Crippen LogP contribution < -0.4 is 5.32 Å². The molecule has 0 amide bonds. The van der Waals surface area contributed by atoms with Crippen molar-refractivity contribution in [2.45, 2.75) is 25.3 Å². The van der Waals surface area contributed by atoms with E-state index in [0.29, 0.717) is 11.7 Å². The molecule has 1 atom stereocenters. The number of carbonyl (C=O) groups is 1. The number of rotatable bonds is 2. The smallest absolute Gasteiger partial charge is 0.335 e. The van der Waals surface area contributed by atoms with Crippen LogP contribution in [0.25, 0.3) is 5.65 Å². The van der Waals surface area contributed by atoms with Crippen LogP contribution in [0.15, 0.2) is 24.5 Å². The van der Waals surface area contributed by atoms with E-state index < -0.39 is 5.97 Å². The summed E-state index contributed by atoms with van der Waals surface area (Å²) < 4.78 is 1.87. The van der Waals surface area contributed by atoms with Gasteiger partial charge in [-0.05, 0) is 31.5 Å². The Bertz CT molecular complexity index is 585. The number of aromatic nitrogens is 2. The van der Waals surface area contributed by atoms with Crippen LogP contribution in [0, 0.1) is 0 Å². The Kier molecular flexibility index (Phi) is 2.76. The van der Waals surface area contributed by atoms with Gasteiger partial charge in [0.1, 0.15) is 5.65 Å². The number of nitrogens with zero attached hydrogens (tertiary/aromatic N) is 2. The molecule has 1 aliphatic rings. The molecule has 1 fully saturated rings. The van der Waals surface area contributed by atoms with E-state index in [1.54, 1.807) is 18.3 Å². The lowest BCUT2D eigenvalue weighted by Crippen LogP contribution is -2.26. The molecular weight excluding hydrogens is 230 g/mol. The minimum atomic E-state index is -0.919. The molecule has 0 bridgehead atoms. The average molecular weight is 245 g/mol. The molecule has 5 nitrogen and oxygen atoms in total. The lowest BCUT2D eigenvalue weighted by atomic mass is 10.0. The second-order valence-electron chi connectivity index (χ2n) is 4.65. The molecule has 0 aliphatic carbocycles. The first kappa shape index (κ1) is 11.2. The van der Waals surface area contributed by atoms with E-state index in [-0.39, 0.29) is 5.56 Å². The van der Waals surface area contributed by atoms with E-state index in [2.05, 4.69) is 10.3 Å². The van der Waals surface area contributed by atoms with Gasteiger partial charge in [0.25, 0.3) is 0 Å². The van der Waals surface area contributed by atoms with Gasteiger partial charge in [0, 0.05) is 12.4 Å². The third kappa shape index (κ3) is 1.97. The molecule has 18 heavy (non-hydrogen) atoms. The highest BCUT2D eigenvalue weighted by Crippen LogP contribution is 2.22. The molecular formula is C13H15N3O2. The summed E-state index contributed by atoms with van der Waals surface area (Å²) in [5, 5.41) is 12.4. The number of nitrogens with one attached hydrogen (secondary N) is 1. The third-order valence-electron chi connectivity index (χ3n) is 3.39. The average Bonchev–Trinajstić information content (AvgIpc) is 2.82. The van der Waals surface area contributed by atoms with Crippen molar-refractivity contribution in [1.82, 2.24) is 14.7 Å². The Morgan fingerprint density at radius 1 is 1.50 bits per heavy atom. The van der Waals surface area contributed by atoms with E-state index in [0.717, 1.165) is 18.7 Å².